The number of rotatable bonds is 4. The Hall–Kier alpha value is -1.41. The number of morpholine rings is 1. The fraction of sp³-hybridized carbons (Fsp3) is 0.667. The lowest BCUT2D eigenvalue weighted by molar-refractivity contribution is -0.379. The van der Waals surface area contributed by atoms with Gasteiger partial charge in [-0.2, -0.15) is 4.37 Å². The maximum Gasteiger partial charge on any atom is 0.368 e. The van der Waals surface area contributed by atoms with E-state index in [2.05, 4.69) is 9.69 Å². The minimum absolute atomic E-state index is 0.0772. The molecule has 0 aliphatic carbocycles. The van der Waals surface area contributed by atoms with Crippen molar-refractivity contribution in [3.63, 3.8) is 0 Å². The number of hydrogen-bond acceptors (Lipinski definition) is 7. The maximum absolute atomic E-state index is 10.9. The molecule has 7 nitrogen and oxygen atoms in total. The molecule has 8 heteroatoms. The molecule has 0 saturated carbocycles. The quantitative estimate of drug-likeness (QED) is 0.648. The van der Waals surface area contributed by atoms with Crippen LogP contribution in [0.2, 0.25) is 0 Å². The largest absolute Gasteiger partial charge is 0.378 e. The van der Waals surface area contributed by atoms with E-state index in [1.807, 2.05) is 11.8 Å². The number of aromatic nitrogens is 1. The molecule has 1 aromatic rings. The Morgan fingerprint density at radius 2 is 2.29 bits per heavy atom. The molecule has 0 bridgehead atoms. The second kappa shape index (κ2) is 5.28. The van der Waals surface area contributed by atoms with Crippen molar-refractivity contribution in [2.75, 3.05) is 43.1 Å². The Kier molecular flexibility index (Phi) is 3.75. The normalized spacial score (nSPS) is 15.9. The molecular formula is C9H14N4O3S. The van der Waals surface area contributed by atoms with Crippen molar-refractivity contribution in [2.45, 2.75) is 6.92 Å². The molecule has 0 unspecified atom stereocenters. The van der Waals surface area contributed by atoms with Gasteiger partial charge in [0.25, 0.3) is 0 Å². The molecule has 2 heterocycles. The van der Waals surface area contributed by atoms with Gasteiger partial charge in [-0.1, -0.05) is 0 Å². The van der Waals surface area contributed by atoms with Crippen molar-refractivity contribution < 1.29 is 9.66 Å². The summed E-state index contributed by atoms with van der Waals surface area (Å²) in [6.07, 6.45) is 0. The van der Waals surface area contributed by atoms with Crippen LogP contribution in [0.3, 0.4) is 0 Å². The third-order valence-corrected chi connectivity index (χ3v) is 3.28. The van der Waals surface area contributed by atoms with Crippen molar-refractivity contribution in [1.82, 2.24) is 4.37 Å². The van der Waals surface area contributed by atoms with Crippen LogP contribution in [0, 0.1) is 10.1 Å². The molecule has 1 fully saturated rings. The molecule has 1 aliphatic heterocycles. The summed E-state index contributed by atoms with van der Waals surface area (Å²) in [7, 11) is 0. The topological polar surface area (TPSA) is 80.5 Å². The third-order valence-electron chi connectivity index (χ3n) is 2.49. The van der Waals surface area contributed by atoms with E-state index in [0.29, 0.717) is 31.3 Å². The first-order chi connectivity index (χ1) is 8.24. The van der Waals surface area contributed by atoms with Crippen molar-refractivity contribution in [1.29, 1.82) is 0 Å². The molecule has 1 N–H and O–H groups in total. The number of nitro groups is 1. The summed E-state index contributed by atoms with van der Waals surface area (Å²) in [5.74, 6) is 0.673. The van der Waals surface area contributed by atoms with Crippen molar-refractivity contribution in [2.24, 2.45) is 0 Å². The van der Waals surface area contributed by atoms with Crippen LogP contribution in [0.15, 0.2) is 0 Å². The van der Waals surface area contributed by atoms with Gasteiger partial charge in [-0.3, -0.25) is 10.1 Å². The zero-order valence-electron chi connectivity index (χ0n) is 9.51. The van der Waals surface area contributed by atoms with E-state index in [1.165, 1.54) is 0 Å². The summed E-state index contributed by atoms with van der Waals surface area (Å²) < 4.78 is 9.44. The lowest BCUT2D eigenvalue weighted by atomic mass is 10.3. The Balaban J connectivity index is 2.28. The molecule has 0 atom stereocenters. The summed E-state index contributed by atoms with van der Waals surface area (Å²) in [4.78, 5) is 12.5. The van der Waals surface area contributed by atoms with Crippen molar-refractivity contribution in [3.05, 3.63) is 10.1 Å². The Bertz CT molecular complexity index is 403. The van der Waals surface area contributed by atoms with Gasteiger partial charge in [-0.15, -0.1) is 0 Å². The molecule has 0 aromatic carbocycles. The van der Waals surface area contributed by atoms with Crippen LogP contribution >= 0.6 is 11.5 Å². The van der Waals surface area contributed by atoms with E-state index in [0.717, 1.165) is 24.6 Å². The molecule has 17 heavy (non-hydrogen) atoms. The number of nitrogens with one attached hydrogen (secondary N) is 1. The monoisotopic (exact) mass is 258 g/mol. The van der Waals surface area contributed by atoms with Gasteiger partial charge in [0.15, 0.2) is 11.5 Å². The SMILES string of the molecule is CCNc1c(N2CCOCC2)nsc1[N+](=O)[O-]. The predicted octanol–water partition coefficient (Wildman–Crippen LogP) is 1.32. The van der Waals surface area contributed by atoms with Crippen LogP contribution in [-0.4, -0.2) is 42.1 Å². The first-order valence-electron chi connectivity index (χ1n) is 5.44. The maximum atomic E-state index is 10.9. The zero-order chi connectivity index (χ0) is 12.3. The second-order valence-corrected chi connectivity index (χ2v) is 4.33. The summed E-state index contributed by atoms with van der Waals surface area (Å²) in [6, 6.07) is 0. The van der Waals surface area contributed by atoms with Gasteiger partial charge in [0.05, 0.1) is 18.1 Å². The minimum Gasteiger partial charge on any atom is -0.378 e. The molecule has 94 valence electrons. The number of nitrogens with zero attached hydrogens (tertiary/aromatic N) is 3. The van der Waals surface area contributed by atoms with Crippen LogP contribution < -0.4 is 10.2 Å². The predicted molar refractivity (Wildman–Crippen MR) is 66.0 cm³/mol. The highest BCUT2D eigenvalue weighted by atomic mass is 32.1. The van der Waals surface area contributed by atoms with Gasteiger partial charge in [0.2, 0.25) is 0 Å². The molecule has 0 amide bonds. The van der Waals surface area contributed by atoms with Gasteiger partial charge in [0.1, 0.15) is 0 Å². The van der Waals surface area contributed by atoms with E-state index in [-0.39, 0.29) is 9.92 Å². The summed E-state index contributed by atoms with van der Waals surface area (Å²) in [5.41, 5.74) is 0.532. The highest BCUT2D eigenvalue weighted by molar-refractivity contribution is 7.10. The van der Waals surface area contributed by atoms with Crippen LogP contribution in [0.25, 0.3) is 0 Å². The molecule has 0 radical (unpaired) electrons. The fourth-order valence-corrected chi connectivity index (χ4v) is 2.42. The van der Waals surface area contributed by atoms with Gasteiger partial charge >= 0.3 is 5.00 Å². The standard InChI is InChI=1S/C9H14N4O3S/c1-2-10-7-8(11-17-9(7)13(14)15)12-3-5-16-6-4-12/h10H,2-6H2,1H3. The van der Waals surface area contributed by atoms with Gasteiger partial charge < -0.3 is 15.0 Å². The number of hydrogen-bond donors (Lipinski definition) is 1. The summed E-state index contributed by atoms with van der Waals surface area (Å²) in [5, 5.41) is 14.0. The lowest BCUT2D eigenvalue weighted by Crippen LogP contribution is -2.36. The summed E-state index contributed by atoms with van der Waals surface area (Å²) >= 11 is 0.924. The van der Waals surface area contributed by atoms with E-state index < -0.39 is 0 Å². The molecule has 2 rings (SSSR count). The smallest absolute Gasteiger partial charge is 0.368 e. The van der Waals surface area contributed by atoms with Crippen LogP contribution in [0.4, 0.5) is 16.5 Å². The minimum atomic E-state index is -0.389. The van der Waals surface area contributed by atoms with E-state index in [4.69, 9.17) is 4.74 Å². The Labute approximate surface area is 103 Å². The number of ether oxygens (including phenoxy) is 1. The fourth-order valence-electron chi connectivity index (χ4n) is 1.72. The Morgan fingerprint density at radius 3 is 2.88 bits per heavy atom. The zero-order valence-corrected chi connectivity index (χ0v) is 10.3. The van der Waals surface area contributed by atoms with Crippen molar-refractivity contribution >= 4 is 28.0 Å². The van der Waals surface area contributed by atoms with Crippen LogP contribution in [0.1, 0.15) is 6.92 Å². The molecule has 0 spiro atoms. The van der Waals surface area contributed by atoms with Crippen molar-refractivity contribution in [3.8, 4) is 0 Å². The molecule has 1 aromatic heterocycles. The van der Waals surface area contributed by atoms with Gasteiger partial charge in [-0.05, 0) is 6.92 Å². The van der Waals surface area contributed by atoms with Gasteiger partial charge in [-0.25, -0.2) is 0 Å². The number of anilines is 2. The highest BCUT2D eigenvalue weighted by Crippen LogP contribution is 2.38. The summed E-state index contributed by atoms with van der Waals surface area (Å²) in [6.45, 7) is 5.26. The second-order valence-electron chi connectivity index (χ2n) is 3.57. The first kappa shape index (κ1) is 12.1. The van der Waals surface area contributed by atoms with Crippen LogP contribution in [0.5, 0.6) is 0 Å². The Morgan fingerprint density at radius 1 is 1.59 bits per heavy atom. The average Bonchev–Trinajstić information content (AvgIpc) is 2.75. The first-order valence-corrected chi connectivity index (χ1v) is 6.22. The van der Waals surface area contributed by atoms with E-state index in [9.17, 15) is 10.1 Å². The highest BCUT2D eigenvalue weighted by Gasteiger charge is 2.26. The average molecular weight is 258 g/mol. The van der Waals surface area contributed by atoms with E-state index in [1.54, 1.807) is 0 Å². The van der Waals surface area contributed by atoms with Crippen LogP contribution in [-0.2, 0) is 4.74 Å². The molecule has 1 saturated heterocycles. The molecule has 1 aliphatic rings. The lowest BCUT2D eigenvalue weighted by Gasteiger charge is -2.27. The van der Waals surface area contributed by atoms with Gasteiger partial charge in [0, 0.05) is 31.2 Å². The molecular weight excluding hydrogens is 244 g/mol. The van der Waals surface area contributed by atoms with E-state index >= 15 is 0 Å². The third kappa shape index (κ3) is 2.47.